The second kappa shape index (κ2) is 10.7. The monoisotopic (exact) mass is 552 g/mol. The van der Waals surface area contributed by atoms with E-state index in [4.69, 9.17) is 16.3 Å². The first-order chi connectivity index (χ1) is 17.9. The highest BCUT2D eigenvalue weighted by atomic mass is 35.5. The smallest absolute Gasteiger partial charge is 0.416 e. The zero-order valence-corrected chi connectivity index (χ0v) is 20.6. The average Bonchev–Trinajstić information content (AvgIpc) is 3.41. The Bertz CT molecular complexity index is 1490. The maximum Gasteiger partial charge on any atom is 0.416 e. The Labute approximate surface area is 217 Å². The van der Waals surface area contributed by atoms with Gasteiger partial charge in [0.1, 0.15) is 6.54 Å². The van der Waals surface area contributed by atoms with Crippen LogP contribution in [0.4, 0.5) is 13.2 Å². The number of halogens is 4. The Kier molecular flexibility index (Phi) is 7.59. The molecule has 0 radical (unpaired) electrons. The number of ether oxygens (including phenoxy) is 1. The lowest BCUT2D eigenvalue weighted by Crippen LogP contribution is -2.37. The number of aliphatic hydroxyl groups excluding tert-OH is 1. The van der Waals surface area contributed by atoms with Crippen molar-refractivity contribution in [1.82, 2.24) is 39.1 Å². The van der Waals surface area contributed by atoms with E-state index in [1.807, 2.05) is 0 Å². The molecule has 0 spiro atoms. The lowest BCUT2D eigenvalue weighted by molar-refractivity contribution is -0.207. The van der Waals surface area contributed by atoms with E-state index in [1.165, 1.54) is 54.5 Å². The maximum atomic E-state index is 13.1. The van der Waals surface area contributed by atoms with E-state index >= 15 is 0 Å². The first-order valence-electron chi connectivity index (χ1n) is 11.0. The molecule has 0 saturated heterocycles. The quantitative estimate of drug-likeness (QED) is 0.326. The number of benzene rings is 1. The van der Waals surface area contributed by atoms with Crippen molar-refractivity contribution in [2.24, 2.45) is 0 Å². The third-order valence-corrected chi connectivity index (χ3v) is 5.45. The van der Waals surface area contributed by atoms with Crippen LogP contribution in [-0.4, -0.2) is 62.4 Å². The standard InChI is InChI=1S/C22H20ClF3N8O4/c1-12(38-13(2)35)19-29-17(30-34(19)18-9-27-7-8-28-18)11-33-21(37)32(10-16(36)22(24,25)26)20(31-33)14-3-5-15(23)6-4-14/h3-9,12,16,36H,10-11H2,1-2H3. The Morgan fingerprint density at radius 3 is 2.50 bits per heavy atom. The zero-order valence-electron chi connectivity index (χ0n) is 19.9. The number of alkyl halides is 3. The lowest BCUT2D eigenvalue weighted by atomic mass is 10.2. The van der Waals surface area contributed by atoms with Gasteiger partial charge >= 0.3 is 17.8 Å². The van der Waals surface area contributed by atoms with Crippen molar-refractivity contribution in [3.05, 3.63) is 70.0 Å². The molecule has 0 bridgehead atoms. The normalized spacial score (nSPS) is 13.3. The van der Waals surface area contributed by atoms with Crippen molar-refractivity contribution in [3.8, 4) is 17.2 Å². The molecule has 2 atom stereocenters. The van der Waals surface area contributed by atoms with E-state index < -0.39 is 36.6 Å². The highest BCUT2D eigenvalue weighted by Gasteiger charge is 2.39. The molecule has 2 unspecified atom stereocenters. The molecule has 1 aromatic carbocycles. The number of hydrogen-bond acceptors (Lipinski definition) is 9. The van der Waals surface area contributed by atoms with Crippen LogP contribution in [0.3, 0.4) is 0 Å². The van der Waals surface area contributed by atoms with E-state index in [0.717, 1.165) is 4.68 Å². The Balaban J connectivity index is 1.77. The minimum atomic E-state index is -4.96. The maximum absolute atomic E-state index is 13.1. The summed E-state index contributed by atoms with van der Waals surface area (Å²) in [5.41, 5.74) is -0.648. The molecule has 200 valence electrons. The molecule has 0 aliphatic carbocycles. The highest BCUT2D eigenvalue weighted by molar-refractivity contribution is 6.30. The van der Waals surface area contributed by atoms with Gasteiger partial charge in [0.25, 0.3) is 0 Å². The summed E-state index contributed by atoms with van der Waals surface area (Å²) in [6.07, 6.45) is -4.40. The van der Waals surface area contributed by atoms with Crippen LogP contribution in [0.15, 0.2) is 47.7 Å². The fourth-order valence-electron chi connectivity index (χ4n) is 3.50. The summed E-state index contributed by atoms with van der Waals surface area (Å²) in [6.45, 7) is 1.33. The van der Waals surface area contributed by atoms with E-state index in [9.17, 15) is 27.9 Å². The third kappa shape index (κ3) is 5.89. The molecule has 1 N–H and O–H groups in total. The van der Waals surface area contributed by atoms with E-state index in [2.05, 4.69) is 25.1 Å². The van der Waals surface area contributed by atoms with Crippen LogP contribution in [0, 0.1) is 0 Å². The topological polar surface area (TPSA) is 143 Å². The van der Waals surface area contributed by atoms with Crippen molar-refractivity contribution in [2.45, 2.75) is 45.3 Å². The van der Waals surface area contributed by atoms with Crippen LogP contribution < -0.4 is 5.69 Å². The second-order valence-corrected chi connectivity index (χ2v) is 8.49. The molecule has 0 aliphatic rings. The second-order valence-electron chi connectivity index (χ2n) is 8.05. The van der Waals surface area contributed by atoms with Gasteiger partial charge in [0, 0.05) is 29.9 Å². The number of rotatable bonds is 8. The molecule has 3 aromatic heterocycles. The summed E-state index contributed by atoms with van der Waals surface area (Å²) >= 11 is 5.91. The van der Waals surface area contributed by atoms with Gasteiger partial charge in [-0.1, -0.05) is 11.6 Å². The highest BCUT2D eigenvalue weighted by Crippen LogP contribution is 2.24. The Morgan fingerprint density at radius 1 is 1.18 bits per heavy atom. The average molecular weight is 553 g/mol. The summed E-state index contributed by atoms with van der Waals surface area (Å²) in [5, 5.41) is 18.5. The fourth-order valence-corrected chi connectivity index (χ4v) is 3.63. The van der Waals surface area contributed by atoms with Crippen molar-refractivity contribution in [1.29, 1.82) is 0 Å². The molecule has 0 amide bonds. The number of esters is 1. The van der Waals surface area contributed by atoms with Gasteiger partial charge < -0.3 is 9.84 Å². The van der Waals surface area contributed by atoms with Crippen LogP contribution >= 0.6 is 11.6 Å². The van der Waals surface area contributed by atoms with Crippen LogP contribution in [0.2, 0.25) is 5.02 Å². The SMILES string of the molecule is CC(=O)OC(C)c1nc(Cn2nc(-c3ccc(Cl)cc3)n(CC(O)C(F)(F)F)c2=O)nn1-c1cnccn1. The number of aliphatic hydroxyl groups is 1. The van der Waals surface area contributed by atoms with Crippen molar-refractivity contribution < 1.29 is 27.8 Å². The molecule has 0 aliphatic heterocycles. The molecular formula is C22H20ClF3N8O4. The summed E-state index contributed by atoms with van der Waals surface area (Å²) in [4.78, 5) is 37.1. The van der Waals surface area contributed by atoms with Gasteiger partial charge in [-0.2, -0.15) is 17.9 Å². The zero-order chi connectivity index (χ0) is 27.6. The molecule has 4 aromatic rings. The predicted octanol–water partition coefficient (Wildman–Crippen LogP) is 2.33. The van der Waals surface area contributed by atoms with Gasteiger partial charge in [0.15, 0.2) is 35.5 Å². The third-order valence-electron chi connectivity index (χ3n) is 5.20. The molecule has 4 rings (SSSR count). The molecule has 16 heteroatoms. The first kappa shape index (κ1) is 26.9. The van der Waals surface area contributed by atoms with Gasteiger partial charge in [-0.15, -0.1) is 10.2 Å². The predicted molar refractivity (Wildman–Crippen MR) is 125 cm³/mol. The molecule has 3 heterocycles. The van der Waals surface area contributed by atoms with Gasteiger partial charge in [0.2, 0.25) is 0 Å². The summed E-state index contributed by atoms with van der Waals surface area (Å²) < 4.78 is 47.4. The van der Waals surface area contributed by atoms with Crippen LogP contribution in [-0.2, 0) is 22.6 Å². The Hall–Kier alpha value is -4.11. The Morgan fingerprint density at radius 2 is 1.89 bits per heavy atom. The summed E-state index contributed by atoms with van der Waals surface area (Å²) in [6, 6.07) is 5.92. The van der Waals surface area contributed by atoms with E-state index in [-0.39, 0.29) is 29.8 Å². The van der Waals surface area contributed by atoms with Crippen LogP contribution in [0.1, 0.15) is 31.6 Å². The number of nitrogens with zero attached hydrogens (tertiary/aromatic N) is 8. The van der Waals surface area contributed by atoms with Crippen molar-refractivity contribution >= 4 is 17.6 Å². The molecular weight excluding hydrogens is 533 g/mol. The minimum absolute atomic E-state index is 0.0235. The van der Waals surface area contributed by atoms with E-state index in [0.29, 0.717) is 15.2 Å². The van der Waals surface area contributed by atoms with Crippen molar-refractivity contribution in [3.63, 3.8) is 0 Å². The van der Waals surface area contributed by atoms with Crippen LogP contribution in [0.25, 0.3) is 17.2 Å². The van der Waals surface area contributed by atoms with Gasteiger partial charge in [-0.25, -0.2) is 19.4 Å². The number of carbonyl (C=O) groups is 1. The number of hydrogen-bond donors (Lipinski definition) is 1. The minimum Gasteiger partial charge on any atom is -0.455 e. The molecule has 12 nitrogen and oxygen atoms in total. The molecule has 38 heavy (non-hydrogen) atoms. The number of aromatic nitrogens is 8. The molecule has 0 fully saturated rings. The van der Waals surface area contributed by atoms with Gasteiger partial charge in [-0.05, 0) is 31.2 Å². The van der Waals surface area contributed by atoms with Crippen LogP contribution in [0.5, 0.6) is 0 Å². The summed E-state index contributed by atoms with van der Waals surface area (Å²) in [5.74, 6) is -0.271. The largest absolute Gasteiger partial charge is 0.455 e. The number of carbonyl (C=O) groups excluding carboxylic acids is 1. The van der Waals surface area contributed by atoms with Gasteiger partial charge in [-0.3, -0.25) is 14.3 Å². The first-order valence-corrected chi connectivity index (χ1v) is 11.4. The van der Waals surface area contributed by atoms with E-state index in [1.54, 1.807) is 6.92 Å². The van der Waals surface area contributed by atoms with Crippen molar-refractivity contribution in [2.75, 3.05) is 0 Å². The van der Waals surface area contributed by atoms with Gasteiger partial charge in [0.05, 0.1) is 12.7 Å². The fraction of sp³-hybridized carbons (Fsp3) is 0.318. The summed E-state index contributed by atoms with van der Waals surface area (Å²) in [7, 11) is 0. The lowest BCUT2D eigenvalue weighted by Gasteiger charge is -2.15. The molecule has 0 saturated carbocycles.